The first kappa shape index (κ1) is 23.5. The molecule has 2 aromatic carbocycles. The van der Waals surface area contributed by atoms with Gasteiger partial charge in [0.2, 0.25) is 5.88 Å². The molecule has 0 spiro atoms. The molecule has 2 aromatic heterocycles. The first-order chi connectivity index (χ1) is 16.6. The Morgan fingerprint density at radius 1 is 1.06 bits per heavy atom. The quantitative estimate of drug-likeness (QED) is 0.272. The molecular formula is C28H31N3O3. The van der Waals surface area contributed by atoms with Crippen molar-refractivity contribution in [1.29, 1.82) is 0 Å². The Kier molecular flexibility index (Phi) is 7.96. The van der Waals surface area contributed by atoms with Crippen molar-refractivity contribution in [2.24, 2.45) is 7.05 Å². The van der Waals surface area contributed by atoms with E-state index < -0.39 is 6.10 Å². The number of furan rings is 1. The lowest BCUT2D eigenvalue weighted by Crippen LogP contribution is -2.31. The van der Waals surface area contributed by atoms with Gasteiger partial charge in [-0.05, 0) is 37.1 Å². The Bertz CT molecular complexity index is 1150. The lowest BCUT2D eigenvalue weighted by Gasteiger charge is -2.24. The van der Waals surface area contributed by atoms with E-state index >= 15 is 0 Å². The predicted octanol–water partition coefficient (Wildman–Crippen LogP) is 5.80. The zero-order chi connectivity index (χ0) is 23.8. The molecule has 0 saturated heterocycles. The van der Waals surface area contributed by atoms with Gasteiger partial charge in [0.1, 0.15) is 17.2 Å². The van der Waals surface area contributed by atoms with Crippen LogP contribution in [-0.4, -0.2) is 32.4 Å². The molecule has 1 unspecified atom stereocenters. The van der Waals surface area contributed by atoms with Gasteiger partial charge in [-0.1, -0.05) is 54.6 Å². The highest BCUT2D eigenvalue weighted by Crippen LogP contribution is 2.34. The minimum Gasteiger partial charge on any atom is -0.468 e. The van der Waals surface area contributed by atoms with Gasteiger partial charge in [0, 0.05) is 25.7 Å². The molecule has 176 valence electrons. The minimum absolute atomic E-state index is 0.483. The normalized spacial score (nSPS) is 12.1. The maximum Gasteiger partial charge on any atom is 0.222 e. The van der Waals surface area contributed by atoms with Crippen molar-refractivity contribution in [1.82, 2.24) is 14.7 Å². The Balaban J connectivity index is 1.70. The van der Waals surface area contributed by atoms with Crippen LogP contribution >= 0.6 is 0 Å². The van der Waals surface area contributed by atoms with Gasteiger partial charge in [-0.3, -0.25) is 4.90 Å². The van der Waals surface area contributed by atoms with Crippen LogP contribution in [0.3, 0.4) is 0 Å². The summed E-state index contributed by atoms with van der Waals surface area (Å²) in [6, 6.07) is 23.6. The van der Waals surface area contributed by atoms with Crippen LogP contribution in [0.1, 0.15) is 24.2 Å². The third-order valence-corrected chi connectivity index (χ3v) is 5.61. The number of benzene rings is 2. The van der Waals surface area contributed by atoms with Gasteiger partial charge < -0.3 is 14.3 Å². The number of aryl methyl sites for hydroxylation is 1. The summed E-state index contributed by atoms with van der Waals surface area (Å²) in [6.07, 6.45) is 4.44. The van der Waals surface area contributed by atoms with E-state index in [9.17, 15) is 5.11 Å². The van der Waals surface area contributed by atoms with Crippen LogP contribution in [0, 0.1) is 0 Å². The number of hydrogen-bond acceptors (Lipinski definition) is 5. The summed E-state index contributed by atoms with van der Waals surface area (Å²) in [4.78, 5) is 2.17. The number of ether oxygens (including phenoxy) is 1. The van der Waals surface area contributed by atoms with Crippen molar-refractivity contribution in [3.05, 3.63) is 103 Å². The van der Waals surface area contributed by atoms with Crippen molar-refractivity contribution in [2.45, 2.75) is 32.0 Å². The molecule has 0 saturated carbocycles. The molecular weight excluding hydrogens is 426 g/mol. The van der Waals surface area contributed by atoms with Gasteiger partial charge in [0.25, 0.3) is 0 Å². The molecule has 1 atom stereocenters. The molecule has 4 aromatic rings. The lowest BCUT2D eigenvalue weighted by atomic mass is 10.1. The fraction of sp³-hybridized carbons (Fsp3) is 0.250. The predicted molar refractivity (Wildman–Crippen MR) is 133 cm³/mol. The molecule has 0 bridgehead atoms. The summed E-state index contributed by atoms with van der Waals surface area (Å²) in [6.45, 7) is 5.36. The average molecular weight is 458 g/mol. The molecule has 2 heterocycles. The van der Waals surface area contributed by atoms with Crippen molar-refractivity contribution >= 4 is 0 Å². The van der Waals surface area contributed by atoms with E-state index in [-0.39, 0.29) is 0 Å². The number of para-hydroxylation sites is 1. The van der Waals surface area contributed by atoms with Crippen molar-refractivity contribution in [3.8, 4) is 22.9 Å². The second kappa shape index (κ2) is 11.5. The zero-order valence-electron chi connectivity index (χ0n) is 19.5. The van der Waals surface area contributed by atoms with Gasteiger partial charge in [-0.2, -0.15) is 5.10 Å². The molecule has 0 aliphatic heterocycles. The number of aliphatic hydroxyl groups is 1. The Morgan fingerprint density at radius 3 is 2.47 bits per heavy atom. The summed E-state index contributed by atoms with van der Waals surface area (Å²) in [5.41, 5.74) is 2.83. The van der Waals surface area contributed by atoms with E-state index in [1.165, 1.54) is 0 Å². The average Bonchev–Trinajstić information content (AvgIpc) is 3.47. The van der Waals surface area contributed by atoms with E-state index in [1.54, 1.807) is 10.9 Å². The Labute approximate surface area is 200 Å². The number of rotatable bonds is 12. The number of nitrogens with zero attached hydrogens (tertiary/aromatic N) is 3. The standard InChI is InChI=1S/C28H31N3O3/c1-3-4-14-23(32)19-31(20-25-17-11-18-33-25)21-26-27(22-12-7-5-8-13-22)29-30(2)28(26)34-24-15-9-6-10-16-24/h3,5-13,15-18,23,32H,1,4,14,19-21H2,2H3. The zero-order valence-corrected chi connectivity index (χ0v) is 19.5. The summed E-state index contributed by atoms with van der Waals surface area (Å²) in [7, 11) is 1.89. The SMILES string of the molecule is C=CCCC(O)CN(Cc1ccco1)Cc1c(-c2ccccc2)nn(C)c1Oc1ccccc1. The van der Waals surface area contributed by atoms with Crippen LogP contribution in [0.5, 0.6) is 11.6 Å². The number of aliphatic hydroxyl groups excluding tert-OH is 1. The monoisotopic (exact) mass is 457 g/mol. The molecule has 1 N–H and O–H groups in total. The topological polar surface area (TPSA) is 63.7 Å². The van der Waals surface area contributed by atoms with Crippen LogP contribution in [-0.2, 0) is 20.1 Å². The van der Waals surface area contributed by atoms with Crippen molar-refractivity contribution < 1.29 is 14.3 Å². The van der Waals surface area contributed by atoms with Crippen LogP contribution in [0.4, 0.5) is 0 Å². The van der Waals surface area contributed by atoms with Gasteiger partial charge >= 0.3 is 0 Å². The molecule has 6 heteroatoms. The van der Waals surface area contributed by atoms with E-state index in [2.05, 4.69) is 11.5 Å². The largest absolute Gasteiger partial charge is 0.468 e. The highest BCUT2D eigenvalue weighted by Gasteiger charge is 2.24. The van der Waals surface area contributed by atoms with Gasteiger partial charge in [-0.25, -0.2) is 4.68 Å². The Morgan fingerprint density at radius 2 is 1.79 bits per heavy atom. The van der Waals surface area contributed by atoms with Crippen LogP contribution < -0.4 is 4.74 Å². The smallest absolute Gasteiger partial charge is 0.222 e. The van der Waals surface area contributed by atoms with Crippen molar-refractivity contribution in [3.63, 3.8) is 0 Å². The summed E-state index contributed by atoms with van der Waals surface area (Å²) < 4.78 is 13.7. The fourth-order valence-electron chi connectivity index (χ4n) is 3.98. The molecule has 4 rings (SSSR count). The van der Waals surface area contributed by atoms with E-state index in [0.717, 1.165) is 34.8 Å². The van der Waals surface area contributed by atoms with Gasteiger partial charge in [0.05, 0.1) is 24.5 Å². The molecule has 0 aliphatic rings. The Hall–Kier alpha value is -3.61. The van der Waals surface area contributed by atoms with E-state index in [4.69, 9.17) is 14.3 Å². The molecule has 0 aliphatic carbocycles. The van der Waals surface area contributed by atoms with Gasteiger partial charge in [-0.15, -0.1) is 6.58 Å². The molecule has 0 fully saturated rings. The van der Waals surface area contributed by atoms with Crippen molar-refractivity contribution in [2.75, 3.05) is 6.54 Å². The molecule has 6 nitrogen and oxygen atoms in total. The minimum atomic E-state index is -0.483. The highest BCUT2D eigenvalue weighted by atomic mass is 16.5. The third-order valence-electron chi connectivity index (χ3n) is 5.61. The molecule has 34 heavy (non-hydrogen) atoms. The summed E-state index contributed by atoms with van der Waals surface area (Å²) >= 11 is 0. The first-order valence-corrected chi connectivity index (χ1v) is 11.5. The van der Waals surface area contributed by atoms with Crippen LogP contribution in [0.2, 0.25) is 0 Å². The summed E-state index contributed by atoms with van der Waals surface area (Å²) in [5.74, 6) is 2.26. The number of allylic oxidation sites excluding steroid dienone is 1. The van der Waals surface area contributed by atoms with Crippen LogP contribution in [0.15, 0.2) is 96.1 Å². The maximum atomic E-state index is 10.7. The lowest BCUT2D eigenvalue weighted by molar-refractivity contribution is 0.0941. The second-order valence-electron chi connectivity index (χ2n) is 8.31. The van der Waals surface area contributed by atoms with E-state index in [0.29, 0.717) is 31.9 Å². The highest BCUT2D eigenvalue weighted by molar-refractivity contribution is 5.65. The van der Waals surface area contributed by atoms with Gasteiger partial charge in [0.15, 0.2) is 0 Å². The molecule has 0 radical (unpaired) electrons. The number of hydrogen-bond donors (Lipinski definition) is 1. The molecule has 0 amide bonds. The number of aromatic nitrogens is 2. The summed E-state index contributed by atoms with van der Waals surface area (Å²) in [5, 5.41) is 15.5. The fourth-order valence-corrected chi connectivity index (χ4v) is 3.98. The second-order valence-corrected chi connectivity index (χ2v) is 8.31. The maximum absolute atomic E-state index is 10.7. The van der Waals surface area contributed by atoms with Crippen LogP contribution in [0.25, 0.3) is 11.3 Å². The third kappa shape index (κ3) is 6.04. The van der Waals surface area contributed by atoms with E-state index in [1.807, 2.05) is 85.9 Å². The first-order valence-electron chi connectivity index (χ1n) is 11.5.